The van der Waals surface area contributed by atoms with Crippen molar-refractivity contribution in [3.05, 3.63) is 35.9 Å². The second kappa shape index (κ2) is 8.02. The lowest BCUT2D eigenvalue weighted by molar-refractivity contribution is -0.135. The van der Waals surface area contributed by atoms with E-state index in [-0.39, 0.29) is 12.0 Å². The number of carbonyl (C=O) groups is 1. The normalized spacial score (nSPS) is 22.4. The molecule has 4 heteroatoms. The minimum atomic E-state index is -0.164. The molecular formula is C16H23NO3. The summed E-state index contributed by atoms with van der Waals surface area (Å²) in [6.45, 7) is 2.62. The summed E-state index contributed by atoms with van der Waals surface area (Å²) in [5, 5.41) is 0. The van der Waals surface area contributed by atoms with Crippen LogP contribution >= 0.6 is 0 Å². The van der Waals surface area contributed by atoms with Crippen molar-refractivity contribution in [3.8, 4) is 0 Å². The lowest BCUT2D eigenvalue weighted by Gasteiger charge is -2.31. The molecule has 0 saturated heterocycles. The fourth-order valence-corrected chi connectivity index (χ4v) is 2.61. The summed E-state index contributed by atoms with van der Waals surface area (Å²) < 4.78 is 6.05. The summed E-state index contributed by atoms with van der Waals surface area (Å²) in [4.78, 5) is 16.0. The molecule has 110 valence electrons. The van der Waals surface area contributed by atoms with Gasteiger partial charge < -0.3 is 4.74 Å². The molecular weight excluding hydrogens is 254 g/mol. The molecule has 0 heterocycles. The summed E-state index contributed by atoms with van der Waals surface area (Å²) in [6.07, 6.45) is 4.80. The van der Waals surface area contributed by atoms with Gasteiger partial charge >= 0.3 is 0 Å². The van der Waals surface area contributed by atoms with Crippen molar-refractivity contribution >= 4 is 5.91 Å². The predicted octanol–water partition coefficient (Wildman–Crippen LogP) is 2.83. The van der Waals surface area contributed by atoms with Gasteiger partial charge in [0.15, 0.2) is 0 Å². The summed E-state index contributed by atoms with van der Waals surface area (Å²) >= 11 is 0. The number of carbonyl (C=O) groups excluding carboxylic acids is 1. The molecule has 4 nitrogen and oxygen atoms in total. The third-order valence-electron chi connectivity index (χ3n) is 3.66. The fourth-order valence-electron chi connectivity index (χ4n) is 2.61. The average Bonchev–Trinajstić information content (AvgIpc) is 2.47. The van der Waals surface area contributed by atoms with Crippen LogP contribution in [-0.4, -0.2) is 18.6 Å². The van der Waals surface area contributed by atoms with Crippen LogP contribution in [0.3, 0.4) is 0 Å². The number of hydroxylamine groups is 1. The quantitative estimate of drug-likeness (QED) is 0.813. The van der Waals surface area contributed by atoms with Crippen molar-refractivity contribution in [1.82, 2.24) is 5.48 Å². The Kier molecular flexibility index (Phi) is 6.02. The van der Waals surface area contributed by atoms with E-state index in [9.17, 15) is 4.79 Å². The van der Waals surface area contributed by atoms with E-state index < -0.39 is 0 Å². The molecule has 1 aromatic carbocycles. The van der Waals surface area contributed by atoms with Crippen molar-refractivity contribution in [1.29, 1.82) is 0 Å². The number of rotatable bonds is 6. The first-order chi connectivity index (χ1) is 9.75. The first-order valence-corrected chi connectivity index (χ1v) is 7.29. The summed E-state index contributed by atoms with van der Waals surface area (Å²) in [5.41, 5.74) is 3.59. The van der Waals surface area contributed by atoms with Crippen LogP contribution in [-0.2, 0) is 21.0 Å². The van der Waals surface area contributed by atoms with Crippen LogP contribution in [0.15, 0.2) is 30.3 Å². The molecule has 1 saturated carbocycles. The Morgan fingerprint density at radius 3 is 2.75 bits per heavy atom. The highest BCUT2D eigenvalue weighted by Crippen LogP contribution is 2.27. The molecule has 1 fully saturated rings. The lowest BCUT2D eigenvalue weighted by Crippen LogP contribution is -2.34. The Morgan fingerprint density at radius 1 is 1.25 bits per heavy atom. The second-order valence-corrected chi connectivity index (χ2v) is 5.35. The maximum atomic E-state index is 10.8. The molecule has 0 spiro atoms. The average molecular weight is 277 g/mol. The highest BCUT2D eigenvalue weighted by molar-refractivity contribution is 5.71. The molecule has 1 amide bonds. The third-order valence-corrected chi connectivity index (χ3v) is 3.66. The molecule has 2 atom stereocenters. The molecule has 1 N–H and O–H groups in total. The maximum Gasteiger partial charge on any atom is 0.240 e. The molecule has 1 aromatic rings. The Bertz CT molecular complexity index is 407. The SMILES string of the molecule is CC(=O)NOCC1CCCCC1OCc1ccccc1. The predicted molar refractivity (Wildman–Crippen MR) is 76.7 cm³/mol. The minimum absolute atomic E-state index is 0.164. The van der Waals surface area contributed by atoms with Crippen molar-refractivity contribution in [2.45, 2.75) is 45.3 Å². The monoisotopic (exact) mass is 277 g/mol. The lowest BCUT2D eigenvalue weighted by atomic mass is 9.87. The van der Waals surface area contributed by atoms with Crippen LogP contribution in [0.5, 0.6) is 0 Å². The van der Waals surface area contributed by atoms with Gasteiger partial charge in [0.25, 0.3) is 0 Å². The van der Waals surface area contributed by atoms with Gasteiger partial charge in [-0.1, -0.05) is 43.2 Å². The largest absolute Gasteiger partial charge is 0.373 e. The number of nitrogens with one attached hydrogen (secondary N) is 1. The number of hydrogen-bond acceptors (Lipinski definition) is 3. The smallest absolute Gasteiger partial charge is 0.240 e. The Morgan fingerprint density at radius 2 is 2.00 bits per heavy atom. The zero-order valence-corrected chi connectivity index (χ0v) is 12.0. The van der Waals surface area contributed by atoms with E-state index in [4.69, 9.17) is 9.57 Å². The van der Waals surface area contributed by atoms with E-state index in [0.29, 0.717) is 19.1 Å². The van der Waals surface area contributed by atoms with Gasteiger partial charge in [-0.25, -0.2) is 5.48 Å². The van der Waals surface area contributed by atoms with Crippen LogP contribution in [0.2, 0.25) is 0 Å². The van der Waals surface area contributed by atoms with E-state index in [0.717, 1.165) is 12.8 Å². The van der Waals surface area contributed by atoms with Crippen LogP contribution in [0.25, 0.3) is 0 Å². The van der Waals surface area contributed by atoms with Crippen molar-refractivity contribution in [2.24, 2.45) is 5.92 Å². The van der Waals surface area contributed by atoms with Crippen molar-refractivity contribution in [3.63, 3.8) is 0 Å². The molecule has 1 aliphatic rings. The van der Waals surface area contributed by atoms with Gasteiger partial charge in [0.05, 0.1) is 19.3 Å². The van der Waals surface area contributed by atoms with Gasteiger partial charge in [0.1, 0.15) is 0 Å². The zero-order valence-electron chi connectivity index (χ0n) is 12.0. The van der Waals surface area contributed by atoms with Gasteiger partial charge in [0, 0.05) is 12.8 Å². The molecule has 1 aliphatic carbocycles. The Balaban J connectivity index is 1.79. The minimum Gasteiger partial charge on any atom is -0.373 e. The van der Waals surface area contributed by atoms with Crippen molar-refractivity contribution in [2.75, 3.05) is 6.61 Å². The molecule has 0 radical (unpaired) electrons. The van der Waals surface area contributed by atoms with Crippen LogP contribution < -0.4 is 5.48 Å². The van der Waals surface area contributed by atoms with Crippen LogP contribution in [0, 0.1) is 5.92 Å². The van der Waals surface area contributed by atoms with Crippen molar-refractivity contribution < 1.29 is 14.4 Å². The highest BCUT2D eigenvalue weighted by atomic mass is 16.7. The standard InChI is InChI=1S/C16H23NO3/c1-13(18)17-20-12-15-9-5-6-10-16(15)19-11-14-7-3-2-4-8-14/h2-4,7-8,15-16H,5-6,9-12H2,1H3,(H,17,18). The fraction of sp³-hybridized carbons (Fsp3) is 0.562. The molecule has 2 unspecified atom stereocenters. The van der Waals surface area contributed by atoms with E-state index in [2.05, 4.69) is 17.6 Å². The van der Waals surface area contributed by atoms with Gasteiger partial charge in [-0.15, -0.1) is 0 Å². The topological polar surface area (TPSA) is 47.6 Å². The maximum absolute atomic E-state index is 10.8. The van der Waals surface area contributed by atoms with E-state index in [1.165, 1.54) is 25.3 Å². The van der Waals surface area contributed by atoms with E-state index in [1.54, 1.807) is 0 Å². The molecule has 20 heavy (non-hydrogen) atoms. The number of amides is 1. The summed E-state index contributed by atoms with van der Waals surface area (Å²) in [7, 11) is 0. The molecule has 0 aromatic heterocycles. The van der Waals surface area contributed by atoms with E-state index >= 15 is 0 Å². The third kappa shape index (κ3) is 4.94. The first kappa shape index (κ1) is 15.0. The van der Waals surface area contributed by atoms with E-state index in [1.807, 2.05) is 18.2 Å². The highest BCUT2D eigenvalue weighted by Gasteiger charge is 2.26. The van der Waals surface area contributed by atoms with Gasteiger partial charge in [-0.2, -0.15) is 0 Å². The van der Waals surface area contributed by atoms with Crippen LogP contribution in [0.4, 0.5) is 0 Å². The summed E-state index contributed by atoms with van der Waals surface area (Å²) in [5.74, 6) is 0.196. The second-order valence-electron chi connectivity index (χ2n) is 5.35. The summed E-state index contributed by atoms with van der Waals surface area (Å²) in [6, 6.07) is 10.2. The Labute approximate surface area is 120 Å². The van der Waals surface area contributed by atoms with Gasteiger partial charge in [-0.3, -0.25) is 9.63 Å². The Hall–Kier alpha value is -1.39. The van der Waals surface area contributed by atoms with Gasteiger partial charge in [-0.05, 0) is 18.4 Å². The van der Waals surface area contributed by atoms with Gasteiger partial charge in [0.2, 0.25) is 5.91 Å². The zero-order chi connectivity index (χ0) is 14.2. The first-order valence-electron chi connectivity index (χ1n) is 7.29. The number of benzene rings is 1. The number of hydrogen-bond donors (Lipinski definition) is 1. The van der Waals surface area contributed by atoms with Crippen LogP contribution in [0.1, 0.15) is 38.2 Å². The number of ether oxygens (including phenoxy) is 1. The molecule has 2 rings (SSSR count). The molecule has 0 bridgehead atoms. The molecule has 0 aliphatic heterocycles.